The van der Waals surface area contributed by atoms with Gasteiger partial charge >= 0.3 is 5.97 Å². The number of carbonyl (C=O) groups excluding carboxylic acids is 5. The normalized spacial score (nSPS) is 12.4. The molecule has 0 aliphatic rings. The second-order valence-electron chi connectivity index (χ2n) is 14.5. The van der Waals surface area contributed by atoms with Gasteiger partial charge in [0.25, 0.3) is 0 Å². The molecule has 5 N–H and O–H groups in total. The van der Waals surface area contributed by atoms with E-state index in [-0.39, 0.29) is 62.3 Å². The van der Waals surface area contributed by atoms with Crippen molar-refractivity contribution in [1.29, 1.82) is 0 Å². The van der Waals surface area contributed by atoms with Gasteiger partial charge in [0, 0.05) is 38.2 Å². The Kier molecular flexibility index (Phi) is 29.9. The summed E-state index contributed by atoms with van der Waals surface area (Å²) >= 11 is 0. The van der Waals surface area contributed by atoms with Crippen LogP contribution in [0.5, 0.6) is 0 Å². The molecule has 0 heterocycles. The van der Waals surface area contributed by atoms with Crippen LogP contribution in [0.25, 0.3) is 0 Å². The van der Waals surface area contributed by atoms with E-state index in [2.05, 4.69) is 40.4 Å². The van der Waals surface area contributed by atoms with Crippen LogP contribution in [0.1, 0.15) is 73.3 Å². The molecule has 332 valence electrons. The van der Waals surface area contributed by atoms with Crippen LogP contribution in [0, 0.1) is 11.8 Å². The molecular weight excluding hydrogens is 754 g/mol. The van der Waals surface area contributed by atoms with E-state index < -0.39 is 23.9 Å². The molecule has 2 atom stereocenters. The summed E-state index contributed by atoms with van der Waals surface area (Å²) in [4.78, 5) is 62.7. The summed E-state index contributed by atoms with van der Waals surface area (Å²) in [5, 5.41) is 14.3. The zero-order valence-corrected chi connectivity index (χ0v) is 35.8. The summed E-state index contributed by atoms with van der Waals surface area (Å²) in [6.07, 6.45) is 0.688. The van der Waals surface area contributed by atoms with E-state index in [1.54, 1.807) is 52.0 Å². The minimum absolute atomic E-state index is 0.0296. The summed E-state index contributed by atoms with van der Waals surface area (Å²) in [6.45, 7) is 19.1. The third-order valence-corrected chi connectivity index (χ3v) is 8.15. The van der Waals surface area contributed by atoms with Crippen molar-refractivity contribution < 1.29 is 57.1 Å². The smallest absolute Gasteiger partial charge is 0.308 e. The number of anilines is 1. The molecule has 0 aliphatic carbocycles. The van der Waals surface area contributed by atoms with Crippen LogP contribution in [-0.4, -0.2) is 140 Å². The zero-order valence-electron chi connectivity index (χ0n) is 35.8. The molecule has 58 heavy (non-hydrogen) atoms. The number of hydrogen-bond donors (Lipinski definition) is 5. The Labute approximate surface area is 345 Å². The van der Waals surface area contributed by atoms with Crippen molar-refractivity contribution in [2.75, 3.05) is 97.7 Å². The largest absolute Gasteiger partial charge is 0.461 e. The van der Waals surface area contributed by atoms with Crippen LogP contribution in [0.3, 0.4) is 0 Å². The Bertz CT molecular complexity index is 1280. The number of nitrogens with one attached hydrogen (secondary N) is 5. The van der Waals surface area contributed by atoms with E-state index in [4.69, 9.17) is 33.2 Å². The Hall–Kier alpha value is -3.71. The molecule has 1 aromatic rings. The Balaban J connectivity index is 2.34. The van der Waals surface area contributed by atoms with Gasteiger partial charge in [-0.15, -0.1) is 0 Å². The van der Waals surface area contributed by atoms with Gasteiger partial charge in [-0.05, 0) is 36.5 Å². The molecule has 0 aliphatic heterocycles. The van der Waals surface area contributed by atoms with Gasteiger partial charge in [-0.3, -0.25) is 24.0 Å². The number of carbonyl (C=O) groups is 5. The highest BCUT2D eigenvalue weighted by atomic mass is 16.6. The van der Waals surface area contributed by atoms with E-state index >= 15 is 0 Å². The Morgan fingerprint density at radius 3 is 1.62 bits per heavy atom. The standard InChI is InChI=1S/C41H71N5O12/c1-30(2)38(46-37(48)14-17-52-19-21-54-23-25-56-27-28-57-26-24-55-22-20-53-18-16-42-32(5)6)40(50)45-36(9-8-15-43-33(7)47)39(49)44-35-12-10-34(11-13-35)29-58-41(51)31(3)4/h10-13,30-32,36,38,42H,8-9,14-29H2,1-7H3,(H,43,47)(H,44,49)(H,45,50)(H,46,48)/t36-,38+/m0/s1. The van der Waals surface area contributed by atoms with Crippen LogP contribution in [0.15, 0.2) is 24.3 Å². The summed E-state index contributed by atoms with van der Waals surface area (Å²) in [7, 11) is 0. The first kappa shape index (κ1) is 52.3. The second kappa shape index (κ2) is 33.2. The second-order valence-corrected chi connectivity index (χ2v) is 14.5. The van der Waals surface area contributed by atoms with Gasteiger partial charge in [0.1, 0.15) is 18.7 Å². The van der Waals surface area contributed by atoms with E-state index in [1.807, 2.05) is 0 Å². The summed E-state index contributed by atoms with van der Waals surface area (Å²) < 4.78 is 38.2. The van der Waals surface area contributed by atoms with Crippen molar-refractivity contribution in [2.24, 2.45) is 11.8 Å². The molecular formula is C41H71N5O12. The predicted octanol–water partition coefficient (Wildman–Crippen LogP) is 2.35. The van der Waals surface area contributed by atoms with Crippen molar-refractivity contribution in [3.8, 4) is 0 Å². The number of amides is 4. The number of benzene rings is 1. The molecule has 0 bridgehead atoms. The summed E-state index contributed by atoms with van der Waals surface area (Å²) in [6, 6.07) is 5.42. The van der Waals surface area contributed by atoms with Crippen LogP contribution in [0.2, 0.25) is 0 Å². The fraction of sp³-hybridized carbons (Fsp3) is 0.732. The molecule has 0 unspecified atom stereocenters. The van der Waals surface area contributed by atoms with Crippen molar-refractivity contribution in [3.05, 3.63) is 29.8 Å². The van der Waals surface area contributed by atoms with Crippen LogP contribution in [0.4, 0.5) is 5.69 Å². The fourth-order valence-corrected chi connectivity index (χ4v) is 4.90. The van der Waals surface area contributed by atoms with Crippen LogP contribution < -0.4 is 26.6 Å². The predicted molar refractivity (Wildman–Crippen MR) is 219 cm³/mol. The minimum atomic E-state index is -0.947. The van der Waals surface area contributed by atoms with Gasteiger partial charge in [-0.2, -0.15) is 0 Å². The topological polar surface area (TPSA) is 210 Å². The third kappa shape index (κ3) is 27.8. The van der Waals surface area contributed by atoms with Crippen LogP contribution in [-0.2, 0) is 63.7 Å². The monoisotopic (exact) mass is 826 g/mol. The van der Waals surface area contributed by atoms with Gasteiger partial charge in [0.15, 0.2) is 0 Å². The zero-order chi connectivity index (χ0) is 43.0. The summed E-state index contributed by atoms with van der Waals surface area (Å²) in [5.41, 5.74) is 1.24. The van der Waals surface area contributed by atoms with E-state index in [9.17, 15) is 24.0 Å². The molecule has 0 saturated heterocycles. The molecule has 1 rings (SSSR count). The molecule has 17 heteroatoms. The maximum absolute atomic E-state index is 13.4. The number of rotatable bonds is 35. The molecule has 0 spiro atoms. The van der Waals surface area contributed by atoms with E-state index in [0.29, 0.717) is 90.8 Å². The molecule has 0 saturated carbocycles. The first-order chi connectivity index (χ1) is 27.8. The molecule has 17 nitrogen and oxygen atoms in total. The molecule has 0 fully saturated rings. The highest BCUT2D eigenvalue weighted by Gasteiger charge is 2.29. The average Bonchev–Trinajstić information content (AvgIpc) is 3.17. The maximum atomic E-state index is 13.4. The highest BCUT2D eigenvalue weighted by Crippen LogP contribution is 2.13. The van der Waals surface area contributed by atoms with Gasteiger partial charge < -0.3 is 59.7 Å². The van der Waals surface area contributed by atoms with Crippen molar-refractivity contribution in [2.45, 2.75) is 92.5 Å². The molecule has 1 aromatic carbocycles. The number of ether oxygens (including phenoxy) is 7. The lowest BCUT2D eigenvalue weighted by Gasteiger charge is -2.25. The molecule has 0 radical (unpaired) electrons. The quantitative estimate of drug-likeness (QED) is 0.0493. The van der Waals surface area contributed by atoms with Crippen molar-refractivity contribution >= 4 is 35.3 Å². The third-order valence-electron chi connectivity index (χ3n) is 8.15. The molecule has 4 amide bonds. The first-order valence-electron chi connectivity index (χ1n) is 20.4. The first-order valence-corrected chi connectivity index (χ1v) is 20.4. The lowest BCUT2D eigenvalue weighted by Crippen LogP contribution is -2.54. The Morgan fingerprint density at radius 1 is 0.621 bits per heavy atom. The lowest BCUT2D eigenvalue weighted by atomic mass is 10.0. The maximum Gasteiger partial charge on any atom is 0.308 e. The van der Waals surface area contributed by atoms with Gasteiger partial charge in [-0.25, -0.2) is 0 Å². The van der Waals surface area contributed by atoms with Gasteiger partial charge in [0.2, 0.25) is 23.6 Å². The van der Waals surface area contributed by atoms with Gasteiger partial charge in [-0.1, -0.05) is 53.7 Å². The number of hydrogen-bond acceptors (Lipinski definition) is 13. The van der Waals surface area contributed by atoms with Crippen molar-refractivity contribution in [3.63, 3.8) is 0 Å². The Morgan fingerprint density at radius 2 is 1.14 bits per heavy atom. The summed E-state index contributed by atoms with van der Waals surface area (Å²) in [5.74, 6) is -2.37. The van der Waals surface area contributed by atoms with Crippen molar-refractivity contribution in [1.82, 2.24) is 21.3 Å². The minimum Gasteiger partial charge on any atom is -0.461 e. The highest BCUT2D eigenvalue weighted by molar-refractivity contribution is 5.98. The lowest BCUT2D eigenvalue weighted by molar-refractivity contribution is -0.148. The van der Waals surface area contributed by atoms with E-state index in [1.165, 1.54) is 6.92 Å². The van der Waals surface area contributed by atoms with E-state index in [0.717, 1.165) is 12.1 Å². The molecule has 0 aromatic heterocycles. The van der Waals surface area contributed by atoms with Crippen LogP contribution >= 0.6 is 0 Å². The average molecular weight is 826 g/mol. The fourth-order valence-electron chi connectivity index (χ4n) is 4.90. The SMILES string of the molecule is CC(=O)NCCC[C@H](NC(=O)[C@H](NC(=O)CCOCCOCCOCCOCCOCCOCCNC(C)C)C(C)C)C(=O)Nc1ccc(COC(=O)C(C)C)cc1. The number of esters is 1. The van der Waals surface area contributed by atoms with Gasteiger partial charge in [0.05, 0.1) is 85.2 Å².